The summed E-state index contributed by atoms with van der Waals surface area (Å²) < 4.78 is 6.31. The van der Waals surface area contributed by atoms with Crippen molar-refractivity contribution >= 4 is 33.4 Å². The molecule has 2 nitrogen and oxygen atoms in total. The molecule has 0 fully saturated rings. The molecule has 0 bridgehead atoms. The fraction of sp³-hybridized carbons (Fsp3) is 0.400. The number of hydrogen-bond donors (Lipinski definition) is 1. The van der Waals surface area contributed by atoms with Crippen LogP contribution in [0.25, 0.3) is 0 Å². The summed E-state index contributed by atoms with van der Waals surface area (Å²) in [5.41, 5.74) is 6.65. The summed E-state index contributed by atoms with van der Waals surface area (Å²) in [4.78, 5) is 1.11. The lowest BCUT2D eigenvalue weighted by Gasteiger charge is -2.05. The number of hydrogen-bond acceptors (Lipinski definition) is 3. The van der Waals surface area contributed by atoms with E-state index in [-0.39, 0.29) is 0 Å². The van der Waals surface area contributed by atoms with E-state index in [1.54, 1.807) is 11.8 Å². The molecular formula is C10H14BrNOS. The van der Waals surface area contributed by atoms with Gasteiger partial charge in [0, 0.05) is 27.4 Å². The lowest BCUT2D eigenvalue weighted by atomic mass is 10.3. The van der Waals surface area contributed by atoms with Crippen molar-refractivity contribution in [3.8, 4) is 0 Å². The van der Waals surface area contributed by atoms with Crippen molar-refractivity contribution in [2.24, 2.45) is 0 Å². The zero-order chi connectivity index (χ0) is 10.4. The van der Waals surface area contributed by atoms with Crippen molar-refractivity contribution in [2.45, 2.75) is 11.8 Å². The number of nitrogen functional groups attached to an aromatic ring is 1. The smallest absolute Gasteiger partial charge is 0.0560 e. The fourth-order valence-electron chi connectivity index (χ4n) is 0.988. The highest BCUT2D eigenvalue weighted by molar-refractivity contribution is 9.10. The van der Waals surface area contributed by atoms with Crippen LogP contribution in [0.4, 0.5) is 5.69 Å². The number of benzene rings is 1. The second-order valence-electron chi connectivity index (χ2n) is 2.73. The number of ether oxygens (including phenoxy) is 1. The highest BCUT2D eigenvalue weighted by Crippen LogP contribution is 2.27. The van der Waals surface area contributed by atoms with Gasteiger partial charge >= 0.3 is 0 Å². The van der Waals surface area contributed by atoms with Crippen LogP contribution in [0.15, 0.2) is 27.6 Å². The molecule has 0 heterocycles. The second kappa shape index (κ2) is 6.32. The molecular weight excluding hydrogens is 262 g/mol. The van der Waals surface area contributed by atoms with Crippen LogP contribution in [0.2, 0.25) is 0 Å². The third-order valence-corrected chi connectivity index (χ3v) is 3.19. The maximum atomic E-state index is 5.82. The molecule has 78 valence electrons. The van der Waals surface area contributed by atoms with Crippen LogP contribution in [0.1, 0.15) is 6.92 Å². The van der Waals surface area contributed by atoms with Gasteiger partial charge in [-0.2, -0.15) is 0 Å². The van der Waals surface area contributed by atoms with Crippen LogP contribution in [0, 0.1) is 0 Å². The zero-order valence-electron chi connectivity index (χ0n) is 8.13. The Hall–Kier alpha value is -0.190. The highest BCUT2D eigenvalue weighted by atomic mass is 79.9. The topological polar surface area (TPSA) is 35.2 Å². The molecule has 0 unspecified atom stereocenters. The first-order valence-corrected chi connectivity index (χ1v) is 6.27. The molecule has 1 aromatic rings. The van der Waals surface area contributed by atoms with Gasteiger partial charge < -0.3 is 10.5 Å². The fourth-order valence-corrected chi connectivity index (χ4v) is 2.37. The summed E-state index contributed by atoms with van der Waals surface area (Å²) in [5, 5.41) is 0. The van der Waals surface area contributed by atoms with E-state index in [2.05, 4.69) is 15.9 Å². The highest BCUT2D eigenvalue weighted by Gasteiger charge is 2.00. The Morgan fingerprint density at radius 3 is 3.00 bits per heavy atom. The zero-order valence-corrected chi connectivity index (χ0v) is 10.5. The molecule has 14 heavy (non-hydrogen) atoms. The largest absolute Gasteiger partial charge is 0.398 e. The Labute approximate surface area is 97.3 Å². The predicted molar refractivity (Wildman–Crippen MR) is 65.8 cm³/mol. The minimum absolute atomic E-state index is 0.771. The Balaban J connectivity index is 2.45. The van der Waals surface area contributed by atoms with Crippen molar-refractivity contribution in [1.29, 1.82) is 0 Å². The molecule has 0 amide bonds. The predicted octanol–water partition coefficient (Wildman–Crippen LogP) is 3.16. The molecule has 0 aliphatic carbocycles. The number of rotatable bonds is 5. The van der Waals surface area contributed by atoms with Crippen molar-refractivity contribution in [1.82, 2.24) is 0 Å². The number of thioether (sulfide) groups is 1. The van der Waals surface area contributed by atoms with Crippen molar-refractivity contribution in [3.05, 3.63) is 22.7 Å². The van der Waals surface area contributed by atoms with Gasteiger partial charge in [-0.05, 0) is 25.1 Å². The first kappa shape index (κ1) is 11.9. The maximum absolute atomic E-state index is 5.82. The van der Waals surface area contributed by atoms with E-state index in [0.29, 0.717) is 0 Å². The van der Waals surface area contributed by atoms with Crippen molar-refractivity contribution in [3.63, 3.8) is 0 Å². The molecule has 1 rings (SSSR count). The van der Waals surface area contributed by atoms with Gasteiger partial charge in [0.1, 0.15) is 0 Å². The van der Waals surface area contributed by atoms with E-state index >= 15 is 0 Å². The molecule has 0 saturated heterocycles. The molecule has 0 aliphatic rings. The lowest BCUT2D eigenvalue weighted by molar-refractivity contribution is 0.164. The van der Waals surface area contributed by atoms with Gasteiger partial charge in [-0.15, -0.1) is 11.8 Å². The lowest BCUT2D eigenvalue weighted by Crippen LogP contribution is -1.97. The third kappa shape index (κ3) is 3.90. The maximum Gasteiger partial charge on any atom is 0.0560 e. The monoisotopic (exact) mass is 275 g/mol. The minimum Gasteiger partial charge on any atom is -0.398 e. The van der Waals surface area contributed by atoms with Crippen molar-refractivity contribution in [2.75, 3.05) is 24.7 Å². The summed E-state index contributed by atoms with van der Waals surface area (Å²) in [5.74, 6) is 0.939. The molecule has 1 aromatic carbocycles. The minimum atomic E-state index is 0.771. The standard InChI is InChI=1S/C10H14BrNOS/c1-2-13-5-6-14-10-7-8(11)3-4-9(10)12/h3-4,7H,2,5-6,12H2,1H3. The summed E-state index contributed by atoms with van der Waals surface area (Å²) in [6.07, 6.45) is 0. The van der Waals surface area contributed by atoms with Gasteiger partial charge in [0.15, 0.2) is 0 Å². The Kier molecular flexibility index (Phi) is 5.37. The molecule has 0 spiro atoms. The van der Waals surface area contributed by atoms with E-state index in [1.807, 2.05) is 25.1 Å². The first-order valence-electron chi connectivity index (χ1n) is 4.49. The number of halogens is 1. The molecule has 4 heteroatoms. The average molecular weight is 276 g/mol. The Bertz CT molecular complexity index is 293. The van der Waals surface area contributed by atoms with E-state index in [1.165, 1.54) is 0 Å². The normalized spacial score (nSPS) is 10.4. The quantitative estimate of drug-likeness (QED) is 0.509. The summed E-state index contributed by atoms with van der Waals surface area (Å²) >= 11 is 5.14. The third-order valence-electron chi connectivity index (χ3n) is 1.66. The van der Waals surface area contributed by atoms with Crippen molar-refractivity contribution < 1.29 is 4.74 Å². The molecule has 0 atom stereocenters. The van der Waals surface area contributed by atoms with E-state index in [4.69, 9.17) is 10.5 Å². The number of anilines is 1. The Morgan fingerprint density at radius 2 is 2.29 bits per heavy atom. The SMILES string of the molecule is CCOCCSc1cc(Br)ccc1N. The molecule has 0 radical (unpaired) electrons. The summed E-state index contributed by atoms with van der Waals surface area (Å²) in [7, 11) is 0. The van der Waals surface area contributed by atoms with Crippen LogP contribution >= 0.6 is 27.7 Å². The van der Waals surface area contributed by atoms with Gasteiger partial charge in [-0.1, -0.05) is 15.9 Å². The molecule has 0 saturated carbocycles. The van der Waals surface area contributed by atoms with Crippen LogP contribution in [-0.4, -0.2) is 19.0 Å². The average Bonchev–Trinajstić information content (AvgIpc) is 2.18. The van der Waals surface area contributed by atoms with E-state index in [0.717, 1.165) is 34.0 Å². The molecule has 2 N–H and O–H groups in total. The van der Waals surface area contributed by atoms with Gasteiger partial charge in [0.25, 0.3) is 0 Å². The van der Waals surface area contributed by atoms with E-state index in [9.17, 15) is 0 Å². The summed E-state index contributed by atoms with van der Waals surface area (Å²) in [6.45, 7) is 3.54. The van der Waals surface area contributed by atoms with Gasteiger partial charge in [0.2, 0.25) is 0 Å². The van der Waals surface area contributed by atoms with Gasteiger partial charge in [-0.25, -0.2) is 0 Å². The summed E-state index contributed by atoms with van der Waals surface area (Å²) in [6, 6.07) is 5.89. The van der Waals surface area contributed by atoms with E-state index < -0.39 is 0 Å². The second-order valence-corrected chi connectivity index (χ2v) is 4.78. The van der Waals surface area contributed by atoms with Crippen LogP contribution in [0.5, 0.6) is 0 Å². The first-order chi connectivity index (χ1) is 6.74. The Morgan fingerprint density at radius 1 is 1.50 bits per heavy atom. The molecule has 0 aromatic heterocycles. The van der Waals surface area contributed by atoms with Crippen LogP contribution in [0.3, 0.4) is 0 Å². The number of nitrogens with two attached hydrogens (primary N) is 1. The molecule has 0 aliphatic heterocycles. The van der Waals surface area contributed by atoms with Gasteiger partial charge in [0.05, 0.1) is 6.61 Å². The van der Waals surface area contributed by atoms with Crippen LogP contribution < -0.4 is 5.73 Å². The van der Waals surface area contributed by atoms with Crippen LogP contribution in [-0.2, 0) is 4.74 Å². The van der Waals surface area contributed by atoms with Gasteiger partial charge in [-0.3, -0.25) is 0 Å².